The van der Waals surface area contributed by atoms with Crippen molar-refractivity contribution < 1.29 is 4.74 Å². The minimum atomic E-state index is -0.369. The van der Waals surface area contributed by atoms with Crippen LogP contribution in [-0.2, 0) is 4.74 Å². The average molecular weight is 240 g/mol. The van der Waals surface area contributed by atoms with Crippen molar-refractivity contribution >= 4 is 0 Å². The first kappa shape index (κ1) is 16.4. The summed E-state index contributed by atoms with van der Waals surface area (Å²) in [6.07, 6.45) is 5.46. The van der Waals surface area contributed by atoms with Crippen molar-refractivity contribution in [2.45, 2.75) is 71.4 Å². The quantitative estimate of drug-likeness (QED) is 0.596. The Kier molecular flexibility index (Phi) is 9.11. The zero-order valence-corrected chi connectivity index (χ0v) is 11.9. The fourth-order valence-electron chi connectivity index (χ4n) is 1.57. The zero-order valence-electron chi connectivity index (χ0n) is 11.9. The van der Waals surface area contributed by atoms with Crippen LogP contribution in [0.15, 0.2) is 0 Å². The highest BCUT2D eigenvalue weighted by molar-refractivity contribution is 5.03. The SMILES string of the molecule is CCCNC(C)(C#N)CCCCOC(C)CC. The summed E-state index contributed by atoms with van der Waals surface area (Å²) >= 11 is 0. The van der Waals surface area contributed by atoms with Crippen LogP contribution in [0.3, 0.4) is 0 Å². The molecule has 3 nitrogen and oxygen atoms in total. The van der Waals surface area contributed by atoms with Crippen molar-refractivity contribution in [2.24, 2.45) is 0 Å². The molecule has 2 unspecified atom stereocenters. The lowest BCUT2D eigenvalue weighted by molar-refractivity contribution is 0.0602. The molecule has 0 aromatic carbocycles. The molecular weight excluding hydrogens is 212 g/mol. The van der Waals surface area contributed by atoms with E-state index in [1.807, 2.05) is 6.92 Å². The first-order valence-electron chi connectivity index (χ1n) is 6.85. The summed E-state index contributed by atoms with van der Waals surface area (Å²) in [5.74, 6) is 0. The Labute approximate surface area is 107 Å². The Balaban J connectivity index is 3.66. The predicted molar refractivity (Wildman–Crippen MR) is 71.9 cm³/mol. The van der Waals surface area contributed by atoms with Crippen molar-refractivity contribution in [3.05, 3.63) is 0 Å². The van der Waals surface area contributed by atoms with Crippen LogP contribution in [-0.4, -0.2) is 24.8 Å². The Morgan fingerprint density at radius 1 is 1.35 bits per heavy atom. The second-order valence-corrected chi connectivity index (χ2v) is 4.92. The zero-order chi connectivity index (χ0) is 13.1. The lowest BCUT2D eigenvalue weighted by Gasteiger charge is -2.23. The molecular formula is C14H28N2O. The van der Waals surface area contributed by atoms with Crippen LogP contribution in [0.2, 0.25) is 0 Å². The molecule has 17 heavy (non-hydrogen) atoms. The normalized spacial score (nSPS) is 16.2. The van der Waals surface area contributed by atoms with Gasteiger partial charge in [-0.05, 0) is 52.5 Å². The van der Waals surface area contributed by atoms with E-state index in [0.29, 0.717) is 6.10 Å². The number of hydrogen-bond acceptors (Lipinski definition) is 3. The van der Waals surface area contributed by atoms with Gasteiger partial charge in [-0.3, -0.25) is 5.32 Å². The Morgan fingerprint density at radius 2 is 2.06 bits per heavy atom. The van der Waals surface area contributed by atoms with Crippen LogP contribution < -0.4 is 5.32 Å². The molecule has 0 rings (SSSR count). The predicted octanol–water partition coefficient (Wildman–Crippen LogP) is 3.25. The number of ether oxygens (including phenoxy) is 1. The van der Waals surface area contributed by atoms with Gasteiger partial charge in [0.1, 0.15) is 5.54 Å². The minimum Gasteiger partial charge on any atom is -0.379 e. The first-order valence-corrected chi connectivity index (χ1v) is 6.85. The topological polar surface area (TPSA) is 45.0 Å². The van der Waals surface area contributed by atoms with Gasteiger partial charge in [0, 0.05) is 6.61 Å². The van der Waals surface area contributed by atoms with Gasteiger partial charge in [-0.15, -0.1) is 0 Å². The molecule has 2 atom stereocenters. The molecule has 0 saturated heterocycles. The van der Waals surface area contributed by atoms with Gasteiger partial charge in [-0.2, -0.15) is 5.26 Å². The highest BCUT2D eigenvalue weighted by Gasteiger charge is 2.21. The molecule has 0 fully saturated rings. The van der Waals surface area contributed by atoms with Gasteiger partial charge in [0.05, 0.1) is 12.2 Å². The first-order chi connectivity index (χ1) is 8.08. The summed E-state index contributed by atoms with van der Waals surface area (Å²) in [7, 11) is 0. The molecule has 0 bridgehead atoms. The van der Waals surface area contributed by atoms with Gasteiger partial charge in [0.15, 0.2) is 0 Å². The Morgan fingerprint density at radius 3 is 2.59 bits per heavy atom. The summed E-state index contributed by atoms with van der Waals surface area (Å²) in [5.41, 5.74) is -0.369. The van der Waals surface area contributed by atoms with E-state index in [1.165, 1.54) is 0 Å². The lowest BCUT2D eigenvalue weighted by Crippen LogP contribution is -2.41. The van der Waals surface area contributed by atoms with Gasteiger partial charge < -0.3 is 4.74 Å². The molecule has 0 aliphatic heterocycles. The van der Waals surface area contributed by atoms with Crippen LogP contribution in [0, 0.1) is 11.3 Å². The van der Waals surface area contributed by atoms with Gasteiger partial charge in [0.2, 0.25) is 0 Å². The van der Waals surface area contributed by atoms with E-state index in [4.69, 9.17) is 10.00 Å². The van der Waals surface area contributed by atoms with Gasteiger partial charge in [0.25, 0.3) is 0 Å². The molecule has 0 saturated carbocycles. The molecule has 100 valence electrons. The van der Waals surface area contributed by atoms with Crippen molar-refractivity contribution in [1.29, 1.82) is 5.26 Å². The molecule has 0 aromatic heterocycles. The highest BCUT2D eigenvalue weighted by atomic mass is 16.5. The monoisotopic (exact) mass is 240 g/mol. The second kappa shape index (κ2) is 9.44. The molecule has 0 heterocycles. The Hall–Kier alpha value is -0.590. The summed E-state index contributed by atoms with van der Waals surface area (Å²) in [5, 5.41) is 12.5. The molecule has 0 aliphatic carbocycles. The van der Waals surface area contributed by atoms with Crippen LogP contribution in [0.25, 0.3) is 0 Å². The summed E-state index contributed by atoms with van der Waals surface area (Å²) < 4.78 is 5.62. The second-order valence-electron chi connectivity index (χ2n) is 4.92. The summed E-state index contributed by atoms with van der Waals surface area (Å²) in [4.78, 5) is 0. The third-order valence-corrected chi connectivity index (χ3v) is 3.06. The maximum atomic E-state index is 9.15. The molecule has 0 aliphatic rings. The molecule has 0 amide bonds. The fraction of sp³-hybridized carbons (Fsp3) is 0.929. The van der Waals surface area contributed by atoms with E-state index >= 15 is 0 Å². The van der Waals surface area contributed by atoms with Gasteiger partial charge in [-0.25, -0.2) is 0 Å². The van der Waals surface area contributed by atoms with E-state index in [0.717, 1.165) is 45.3 Å². The number of nitrogens with zero attached hydrogens (tertiary/aromatic N) is 1. The molecule has 0 spiro atoms. The molecule has 0 radical (unpaired) electrons. The van der Waals surface area contributed by atoms with E-state index in [-0.39, 0.29) is 5.54 Å². The largest absolute Gasteiger partial charge is 0.379 e. The standard InChI is InChI=1S/C14H28N2O/c1-5-10-16-14(4,12-15)9-7-8-11-17-13(3)6-2/h13,16H,5-11H2,1-4H3. The van der Waals surface area contributed by atoms with E-state index in [9.17, 15) is 0 Å². The van der Waals surface area contributed by atoms with Crippen LogP contribution in [0.4, 0.5) is 0 Å². The number of unbranched alkanes of at least 4 members (excludes halogenated alkanes) is 1. The lowest BCUT2D eigenvalue weighted by atomic mass is 9.96. The van der Waals surface area contributed by atoms with E-state index in [1.54, 1.807) is 0 Å². The maximum Gasteiger partial charge on any atom is 0.103 e. The van der Waals surface area contributed by atoms with Crippen LogP contribution >= 0.6 is 0 Å². The number of hydrogen-bond donors (Lipinski definition) is 1. The van der Waals surface area contributed by atoms with Gasteiger partial charge >= 0.3 is 0 Å². The third kappa shape index (κ3) is 8.18. The van der Waals surface area contributed by atoms with Crippen LogP contribution in [0.1, 0.15) is 59.8 Å². The Bertz CT molecular complexity index is 225. The third-order valence-electron chi connectivity index (χ3n) is 3.06. The molecule has 0 aromatic rings. The number of nitriles is 1. The molecule has 1 N–H and O–H groups in total. The smallest absolute Gasteiger partial charge is 0.103 e. The van der Waals surface area contributed by atoms with E-state index < -0.39 is 0 Å². The summed E-state index contributed by atoms with van der Waals surface area (Å²) in [6, 6.07) is 2.37. The maximum absolute atomic E-state index is 9.15. The summed E-state index contributed by atoms with van der Waals surface area (Å²) in [6.45, 7) is 10.1. The molecule has 3 heteroatoms. The minimum absolute atomic E-state index is 0.357. The van der Waals surface area contributed by atoms with Crippen molar-refractivity contribution in [3.63, 3.8) is 0 Å². The fourth-order valence-corrected chi connectivity index (χ4v) is 1.57. The highest BCUT2D eigenvalue weighted by Crippen LogP contribution is 2.13. The average Bonchev–Trinajstić information content (AvgIpc) is 2.35. The van der Waals surface area contributed by atoms with Crippen molar-refractivity contribution in [1.82, 2.24) is 5.32 Å². The van der Waals surface area contributed by atoms with E-state index in [2.05, 4.69) is 32.2 Å². The van der Waals surface area contributed by atoms with Crippen LogP contribution in [0.5, 0.6) is 0 Å². The van der Waals surface area contributed by atoms with Crippen molar-refractivity contribution in [3.8, 4) is 6.07 Å². The van der Waals surface area contributed by atoms with Gasteiger partial charge in [-0.1, -0.05) is 13.8 Å². The van der Waals surface area contributed by atoms with Crippen molar-refractivity contribution in [2.75, 3.05) is 13.2 Å². The number of rotatable bonds is 10. The number of nitrogens with one attached hydrogen (secondary N) is 1.